The lowest BCUT2D eigenvalue weighted by Crippen LogP contribution is -2.34. The molecule has 23 heavy (non-hydrogen) atoms. The van der Waals surface area contributed by atoms with Crippen LogP contribution < -0.4 is 10.9 Å². The van der Waals surface area contributed by atoms with E-state index in [0.29, 0.717) is 23.9 Å². The van der Waals surface area contributed by atoms with Crippen molar-refractivity contribution in [1.29, 1.82) is 0 Å². The van der Waals surface area contributed by atoms with E-state index in [0.717, 1.165) is 0 Å². The lowest BCUT2D eigenvalue weighted by atomic mass is 10.1. The summed E-state index contributed by atoms with van der Waals surface area (Å²) >= 11 is 0. The van der Waals surface area contributed by atoms with Crippen LogP contribution in [-0.4, -0.2) is 33.9 Å². The predicted octanol–water partition coefficient (Wildman–Crippen LogP) is 1.41. The second-order valence-corrected chi connectivity index (χ2v) is 6.27. The van der Waals surface area contributed by atoms with E-state index in [-0.39, 0.29) is 35.6 Å². The minimum atomic E-state index is -0.334. The summed E-state index contributed by atoms with van der Waals surface area (Å²) in [4.78, 5) is 24.9. The third-order valence-corrected chi connectivity index (χ3v) is 3.54. The van der Waals surface area contributed by atoms with Crippen LogP contribution in [0.5, 0.6) is 0 Å². The van der Waals surface area contributed by atoms with Gasteiger partial charge in [0.15, 0.2) is 5.69 Å². The quantitative estimate of drug-likeness (QED) is 0.844. The third-order valence-electron chi connectivity index (χ3n) is 3.54. The standard InChI is InChI=1S/C17H23N3O3/c1-11(2)9-20-17(23)14-7-5-4-6-13(14)15(19-20)16(22)18-8-12(3)10-21/h4-7,11-12,21H,8-10H2,1-3H3,(H,18,22). The minimum Gasteiger partial charge on any atom is -0.396 e. The lowest BCUT2D eigenvalue weighted by molar-refractivity contribution is 0.0936. The van der Waals surface area contributed by atoms with Crippen LogP contribution in [0.3, 0.4) is 0 Å². The van der Waals surface area contributed by atoms with Crippen molar-refractivity contribution in [3.05, 3.63) is 40.3 Å². The molecule has 1 amide bonds. The number of aliphatic hydroxyl groups excluding tert-OH is 1. The fourth-order valence-corrected chi connectivity index (χ4v) is 2.29. The number of aliphatic hydroxyl groups is 1. The van der Waals surface area contributed by atoms with Gasteiger partial charge in [0.2, 0.25) is 0 Å². The number of aromatic nitrogens is 2. The van der Waals surface area contributed by atoms with Gasteiger partial charge in [-0.1, -0.05) is 39.0 Å². The second kappa shape index (κ2) is 7.37. The Balaban J connectivity index is 2.47. The molecule has 0 aliphatic heterocycles. The monoisotopic (exact) mass is 317 g/mol. The number of benzene rings is 1. The Morgan fingerprint density at radius 1 is 1.26 bits per heavy atom. The number of hydrogen-bond acceptors (Lipinski definition) is 4. The molecule has 2 N–H and O–H groups in total. The number of rotatable bonds is 6. The summed E-state index contributed by atoms with van der Waals surface area (Å²) in [6.07, 6.45) is 0. The molecule has 0 radical (unpaired) electrons. The first-order chi connectivity index (χ1) is 10.9. The third kappa shape index (κ3) is 3.96. The molecule has 124 valence electrons. The van der Waals surface area contributed by atoms with E-state index >= 15 is 0 Å². The number of amides is 1. The number of carbonyl (C=O) groups excluding carboxylic acids is 1. The zero-order chi connectivity index (χ0) is 17.0. The molecule has 1 aromatic heterocycles. The molecule has 0 saturated heterocycles. The SMILES string of the molecule is CC(C)Cn1nc(C(=O)NCC(C)CO)c2ccccc2c1=O. The molecule has 1 unspecified atom stereocenters. The van der Waals surface area contributed by atoms with Gasteiger partial charge in [0.1, 0.15) is 0 Å². The largest absolute Gasteiger partial charge is 0.396 e. The van der Waals surface area contributed by atoms with Crippen molar-refractivity contribution in [2.75, 3.05) is 13.2 Å². The maximum absolute atomic E-state index is 12.5. The maximum Gasteiger partial charge on any atom is 0.274 e. The first-order valence-corrected chi connectivity index (χ1v) is 7.83. The first kappa shape index (κ1) is 17.1. The number of hydrogen-bond donors (Lipinski definition) is 2. The van der Waals surface area contributed by atoms with Gasteiger partial charge in [-0.2, -0.15) is 5.10 Å². The average molecular weight is 317 g/mol. The van der Waals surface area contributed by atoms with Crippen LogP contribution in [0.25, 0.3) is 10.8 Å². The zero-order valence-electron chi connectivity index (χ0n) is 13.7. The summed E-state index contributed by atoms with van der Waals surface area (Å²) in [6.45, 7) is 6.64. The number of fused-ring (bicyclic) bond motifs is 1. The average Bonchev–Trinajstić information content (AvgIpc) is 2.54. The van der Waals surface area contributed by atoms with E-state index in [1.54, 1.807) is 24.3 Å². The highest BCUT2D eigenvalue weighted by atomic mass is 16.3. The van der Waals surface area contributed by atoms with Crippen LogP contribution in [-0.2, 0) is 6.54 Å². The molecule has 6 heteroatoms. The van der Waals surface area contributed by atoms with Crippen molar-refractivity contribution < 1.29 is 9.90 Å². The van der Waals surface area contributed by atoms with Crippen LogP contribution in [0.2, 0.25) is 0 Å². The second-order valence-electron chi connectivity index (χ2n) is 6.27. The van der Waals surface area contributed by atoms with Crippen molar-refractivity contribution in [2.24, 2.45) is 11.8 Å². The highest BCUT2D eigenvalue weighted by molar-refractivity contribution is 6.04. The number of nitrogens with zero attached hydrogens (tertiary/aromatic N) is 2. The summed E-state index contributed by atoms with van der Waals surface area (Å²) < 4.78 is 1.36. The van der Waals surface area contributed by atoms with Crippen LogP contribution in [0.15, 0.2) is 29.1 Å². The topological polar surface area (TPSA) is 84.2 Å². The Bertz CT molecular complexity index is 752. The number of nitrogens with one attached hydrogen (secondary N) is 1. The first-order valence-electron chi connectivity index (χ1n) is 7.83. The van der Waals surface area contributed by atoms with Crippen molar-refractivity contribution in [2.45, 2.75) is 27.3 Å². The van der Waals surface area contributed by atoms with E-state index in [9.17, 15) is 9.59 Å². The lowest BCUT2D eigenvalue weighted by Gasteiger charge is -2.13. The van der Waals surface area contributed by atoms with Crippen LogP contribution in [0, 0.1) is 11.8 Å². The molecule has 0 aliphatic carbocycles. The van der Waals surface area contributed by atoms with Crippen molar-refractivity contribution in [3.63, 3.8) is 0 Å². The van der Waals surface area contributed by atoms with Gasteiger partial charge in [-0.25, -0.2) is 4.68 Å². The van der Waals surface area contributed by atoms with E-state index in [2.05, 4.69) is 10.4 Å². The van der Waals surface area contributed by atoms with E-state index in [4.69, 9.17) is 5.11 Å². The molecule has 0 bridgehead atoms. The van der Waals surface area contributed by atoms with Crippen molar-refractivity contribution in [3.8, 4) is 0 Å². The fraction of sp³-hybridized carbons (Fsp3) is 0.471. The molecular weight excluding hydrogens is 294 g/mol. The molecule has 1 atom stereocenters. The van der Waals surface area contributed by atoms with Gasteiger partial charge in [0.05, 0.1) is 5.39 Å². The smallest absolute Gasteiger partial charge is 0.274 e. The van der Waals surface area contributed by atoms with Gasteiger partial charge in [0, 0.05) is 25.1 Å². The van der Waals surface area contributed by atoms with Crippen LogP contribution in [0.4, 0.5) is 0 Å². The highest BCUT2D eigenvalue weighted by Gasteiger charge is 2.17. The maximum atomic E-state index is 12.5. The normalized spacial score (nSPS) is 12.6. The molecule has 1 heterocycles. The Morgan fingerprint density at radius 2 is 1.91 bits per heavy atom. The molecule has 0 fully saturated rings. The highest BCUT2D eigenvalue weighted by Crippen LogP contribution is 2.13. The Labute approximate surface area is 135 Å². The van der Waals surface area contributed by atoms with Gasteiger partial charge in [0.25, 0.3) is 11.5 Å². The van der Waals surface area contributed by atoms with Gasteiger partial charge in [-0.05, 0) is 17.9 Å². The summed E-state index contributed by atoms with van der Waals surface area (Å²) in [6, 6.07) is 7.00. The molecule has 1 aromatic carbocycles. The summed E-state index contributed by atoms with van der Waals surface area (Å²) in [5.41, 5.74) is 0.0561. The Morgan fingerprint density at radius 3 is 2.52 bits per heavy atom. The summed E-state index contributed by atoms with van der Waals surface area (Å²) in [5.74, 6) is -0.127. The van der Waals surface area contributed by atoms with Gasteiger partial charge in [-0.15, -0.1) is 0 Å². The van der Waals surface area contributed by atoms with E-state index in [1.807, 2.05) is 20.8 Å². The predicted molar refractivity (Wildman–Crippen MR) is 89.4 cm³/mol. The molecule has 2 aromatic rings. The summed E-state index contributed by atoms with van der Waals surface area (Å²) in [5, 5.41) is 17.1. The fourth-order valence-electron chi connectivity index (χ4n) is 2.29. The molecule has 6 nitrogen and oxygen atoms in total. The molecule has 0 saturated carbocycles. The zero-order valence-corrected chi connectivity index (χ0v) is 13.7. The van der Waals surface area contributed by atoms with Crippen LogP contribution in [0.1, 0.15) is 31.3 Å². The van der Waals surface area contributed by atoms with E-state index in [1.165, 1.54) is 4.68 Å². The van der Waals surface area contributed by atoms with Crippen molar-refractivity contribution in [1.82, 2.24) is 15.1 Å². The number of carbonyl (C=O) groups is 1. The van der Waals surface area contributed by atoms with Crippen LogP contribution >= 0.6 is 0 Å². The molecule has 0 aliphatic rings. The molecular formula is C17H23N3O3. The van der Waals surface area contributed by atoms with Gasteiger partial charge >= 0.3 is 0 Å². The minimum absolute atomic E-state index is 0.00129. The van der Waals surface area contributed by atoms with Gasteiger partial charge < -0.3 is 10.4 Å². The van der Waals surface area contributed by atoms with Crippen molar-refractivity contribution >= 4 is 16.7 Å². The molecule has 2 rings (SSSR count). The van der Waals surface area contributed by atoms with Gasteiger partial charge in [-0.3, -0.25) is 9.59 Å². The molecule has 0 spiro atoms. The van der Waals surface area contributed by atoms with E-state index < -0.39 is 0 Å². The Hall–Kier alpha value is -2.21. The Kier molecular flexibility index (Phi) is 5.50. The summed E-state index contributed by atoms with van der Waals surface area (Å²) in [7, 11) is 0.